The van der Waals surface area contributed by atoms with Crippen molar-refractivity contribution in [1.82, 2.24) is 0 Å². The fourth-order valence-electron chi connectivity index (χ4n) is 1.24. The first-order chi connectivity index (χ1) is 6.41. The molecule has 0 amide bonds. The van der Waals surface area contributed by atoms with Crippen molar-refractivity contribution in [3.8, 4) is 0 Å². The van der Waals surface area contributed by atoms with Crippen LogP contribution < -0.4 is 0 Å². The van der Waals surface area contributed by atoms with Crippen molar-refractivity contribution < 1.29 is 0 Å². The number of hydrogen-bond acceptors (Lipinski definition) is 0. The van der Waals surface area contributed by atoms with Crippen LogP contribution >= 0.6 is 31.9 Å². The highest BCUT2D eigenvalue weighted by Gasteiger charge is 1.89. The molecule has 0 aromatic heterocycles. The van der Waals surface area contributed by atoms with Gasteiger partial charge in [0.2, 0.25) is 0 Å². The van der Waals surface area contributed by atoms with Crippen LogP contribution in [0.5, 0.6) is 0 Å². The number of allylic oxidation sites excluding steroid dienone is 2. The van der Waals surface area contributed by atoms with Crippen LogP contribution in [-0.4, -0.2) is 10.7 Å². The molecule has 0 aliphatic heterocycles. The van der Waals surface area contributed by atoms with Crippen molar-refractivity contribution in [2.75, 3.05) is 10.7 Å². The number of halogens is 2. The monoisotopic (exact) mass is 310 g/mol. The van der Waals surface area contributed by atoms with Gasteiger partial charge in [-0.3, -0.25) is 0 Å². The van der Waals surface area contributed by atoms with Gasteiger partial charge in [0.15, 0.2) is 0 Å². The zero-order valence-electron chi connectivity index (χ0n) is 8.27. The van der Waals surface area contributed by atoms with Crippen molar-refractivity contribution in [1.29, 1.82) is 0 Å². The Morgan fingerprint density at radius 1 is 0.692 bits per heavy atom. The number of alkyl halides is 2. The van der Waals surface area contributed by atoms with Gasteiger partial charge in [0.1, 0.15) is 0 Å². The Labute approximate surface area is 99.4 Å². The third-order valence-electron chi connectivity index (χ3n) is 2.01. The lowest BCUT2D eigenvalue weighted by Gasteiger charge is -1.98. The van der Waals surface area contributed by atoms with Gasteiger partial charge >= 0.3 is 0 Å². The summed E-state index contributed by atoms with van der Waals surface area (Å²) in [5.41, 5.74) is 0. The smallest absolute Gasteiger partial charge is 0.0212 e. The Morgan fingerprint density at radius 2 is 1.31 bits per heavy atom. The molecule has 0 saturated heterocycles. The lowest BCUT2D eigenvalue weighted by molar-refractivity contribution is 0.614. The molecule has 0 aliphatic rings. The van der Waals surface area contributed by atoms with Crippen molar-refractivity contribution in [3.05, 3.63) is 12.2 Å². The van der Waals surface area contributed by atoms with E-state index in [-0.39, 0.29) is 0 Å². The second kappa shape index (κ2) is 12.7. The first-order valence-electron chi connectivity index (χ1n) is 5.18. The molecule has 78 valence electrons. The van der Waals surface area contributed by atoms with Gasteiger partial charge in [-0.15, -0.1) is 0 Å². The normalized spacial score (nSPS) is 11.2. The summed E-state index contributed by atoms with van der Waals surface area (Å²) in [6.45, 7) is 0. The van der Waals surface area contributed by atoms with Crippen LogP contribution in [0, 0.1) is 0 Å². The summed E-state index contributed by atoms with van der Waals surface area (Å²) in [6.07, 6.45) is 14.0. The molecule has 0 spiro atoms. The predicted octanol–water partition coefficient (Wildman–Crippen LogP) is 5.06. The average Bonchev–Trinajstić information content (AvgIpc) is 2.16. The molecular formula is C11H20Br2. The van der Waals surface area contributed by atoms with Crippen molar-refractivity contribution in [3.63, 3.8) is 0 Å². The fraction of sp³-hybridized carbons (Fsp3) is 0.818. The van der Waals surface area contributed by atoms with Crippen LogP contribution in [0.15, 0.2) is 12.2 Å². The molecule has 0 nitrogen and oxygen atoms in total. The van der Waals surface area contributed by atoms with Crippen LogP contribution in [0.4, 0.5) is 0 Å². The maximum Gasteiger partial charge on any atom is 0.0212 e. The van der Waals surface area contributed by atoms with Gasteiger partial charge < -0.3 is 0 Å². The molecule has 13 heavy (non-hydrogen) atoms. The summed E-state index contributed by atoms with van der Waals surface area (Å²) in [7, 11) is 0. The molecule has 0 radical (unpaired) electrons. The van der Waals surface area contributed by atoms with E-state index in [1.165, 1.54) is 50.3 Å². The highest BCUT2D eigenvalue weighted by molar-refractivity contribution is 9.09. The Kier molecular flexibility index (Phi) is 13.4. The standard InChI is InChI=1S/C11H20Br2/c12-10-8-6-4-2-1-3-5-7-9-11-13/h6,8H,1-5,7,9-11H2. The molecule has 0 rings (SSSR count). The Hall–Kier alpha value is 0.700. The quantitative estimate of drug-likeness (QED) is 0.317. The third-order valence-corrected chi connectivity index (χ3v) is 2.94. The molecule has 0 aliphatic carbocycles. The lowest BCUT2D eigenvalue weighted by atomic mass is 10.1. The SMILES string of the molecule is BrCC=CCCCCCCCCBr. The predicted molar refractivity (Wildman–Crippen MR) is 69.0 cm³/mol. The van der Waals surface area contributed by atoms with E-state index in [0.29, 0.717) is 0 Å². The van der Waals surface area contributed by atoms with E-state index in [1.54, 1.807) is 0 Å². The van der Waals surface area contributed by atoms with E-state index >= 15 is 0 Å². The van der Waals surface area contributed by atoms with Gasteiger partial charge in [0, 0.05) is 10.7 Å². The van der Waals surface area contributed by atoms with Crippen molar-refractivity contribution in [2.45, 2.75) is 44.9 Å². The van der Waals surface area contributed by atoms with Gasteiger partial charge in [0.25, 0.3) is 0 Å². The number of hydrogen-bond donors (Lipinski definition) is 0. The molecule has 0 atom stereocenters. The molecule has 0 unspecified atom stereocenters. The molecule has 0 saturated carbocycles. The van der Waals surface area contributed by atoms with Gasteiger partial charge in [0.05, 0.1) is 0 Å². The van der Waals surface area contributed by atoms with Crippen LogP contribution in [0.3, 0.4) is 0 Å². The Bertz CT molecular complexity index is 111. The van der Waals surface area contributed by atoms with E-state index in [9.17, 15) is 0 Å². The molecule has 0 heterocycles. The van der Waals surface area contributed by atoms with Crippen molar-refractivity contribution in [2.24, 2.45) is 0 Å². The zero-order chi connectivity index (χ0) is 9.78. The van der Waals surface area contributed by atoms with Gasteiger partial charge in [-0.05, 0) is 19.3 Å². The minimum Gasteiger partial charge on any atom is -0.0928 e. The van der Waals surface area contributed by atoms with Crippen LogP contribution in [0.25, 0.3) is 0 Å². The van der Waals surface area contributed by atoms with E-state index in [0.717, 1.165) is 5.33 Å². The minimum absolute atomic E-state index is 0.998. The third kappa shape index (κ3) is 12.7. The van der Waals surface area contributed by atoms with Crippen LogP contribution in [0.1, 0.15) is 44.9 Å². The molecule has 0 fully saturated rings. The lowest BCUT2D eigenvalue weighted by Crippen LogP contribution is -1.80. The average molecular weight is 312 g/mol. The molecular weight excluding hydrogens is 292 g/mol. The first-order valence-corrected chi connectivity index (χ1v) is 7.43. The summed E-state index contributed by atoms with van der Waals surface area (Å²) >= 11 is 6.82. The number of unbranched alkanes of at least 4 members (excludes halogenated alkanes) is 6. The Morgan fingerprint density at radius 3 is 1.92 bits per heavy atom. The van der Waals surface area contributed by atoms with Crippen molar-refractivity contribution >= 4 is 31.9 Å². The summed E-state index contributed by atoms with van der Waals surface area (Å²) < 4.78 is 0. The molecule has 0 N–H and O–H groups in total. The van der Waals surface area contributed by atoms with E-state index < -0.39 is 0 Å². The van der Waals surface area contributed by atoms with E-state index in [4.69, 9.17) is 0 Å². The summed E-state index contributed by atoms with van der Waals surface area (Å²) in [5, 5.41) is 2.17. The largest absolute Gasteiger partial charge is 0.0928 e. The van der Waals surface area contributed by atoms with E-state index in [1.807, 2.05) is 0 Å². The van der Waals surface area contributed by atoms with Gasteiger partial charge in [-0.25, -0.2) is 0 Å². The van der Waals surface area contributed by atoms with Crippen LogP contribution in [0.2, 0.25) is 0 Å². The van der Waals surface area contributed by atoms with Crippen LogP contribution in [-0.2, 0) is 0 Å². The maximum absolute atomic E-state index is 3.45. The second-order valence-corrected chi connectivity index (χ2v) is 4.67. The highest BCUT2D eigenvalue weighted by atomic mass is 79.9. The first kappa shape index (κ1) is 13.7. The molecule has 0 bridgehead atoms. The topological polar surface area (TPSA) is 0 Å². The maximum atomic E-state index is 3.45. The molecule has 0 aromatic rings. The summed E-state index contributed by atoms with van der Waals surface area (Å²) in [4.78, 5) is 0. The molecule has 0 aromatic carbocycles. The summed E-state index contributed by atoms with van der Waals surface area (Å²) in [5.74, 6) is 0. The van der Waals surface area contributed by atoms with Gasteiger partial charge in [-0.1, -0.05) is 69.7 Å². The fourth-order valence-corrected chi connectivity index (χ4v) is 1.91. The molecule has 2 heteroatoms. The Balaban J connectivity index is 2.87. The minimum atomic E-state index is 0.998. The zero-order valence-corrected chi connectivity index (χ0v) is 11.4. The summed E-state index contributed by atoms with van der Waals surface area (Å²) in [6, 6.07) is 0. The highest BCUT2D eigenvalue weighted by Crippen LogP contribution is 2.08. The van der Waals surface area contributed by atoms with E-state index in [2.05, 4.69) is 44.0 Å². The number of rotatable bonds is 9. The second-order valence-electron chi connectivity index (χ2n) is 3.22. The van der Waals surface area contributed by atoms with Gasteiger partial charge in [-0.2, -0.15) is 0 Å².